The zero-order valence-electron chi connectivity index (χ0n) is 9.46. The Hall–Kier alpha value is -0.780. The molecule has 0 heterocycles. The molecule has 0 aliphatic carbocycles. The Balaban J connectivity index is 2.76. The van der Waals surface area contributed by atoms with Gasteiger partial charge in [0.05, 0.1) is 3.57 Å². The quantitative estimate of drug-likeness (QED) is 0.833. The summed E-state index contributed by atoms with van der Waals surface area (Å²) in [4.78, 5) is 11.8. The third-order valence-electron chi connectivity index (χ3n) is 2.53. The van der Waals surface area contributed by atoms with Gasteiger partial charge in [0.2, 0.25) is 0 Å². The highest BCUT2D eigenvalue weighted by Gasteiger charge is 2.11. The monoisotopic (exact) mass is 333 g/mol. The molecule has 88 valence electrons. The van der Waals surface area contributed by atoms with E-state index in [1.807, 2.05) is 36.4 Å². The second kappa shape index (κ2) is 6.08. The third-order valence-corrected chi connectivity index (χ3v) is 3.44. The summed E-state index contributed by atoms with van der Waals surface area (Å²) in [6.07, 6.45) is 1.83. The van der Waals surface area contributed by atoms with Crippen molar-refractivity contribution in [2.24, 2.45) is 0 Å². The van der Waals surface area contributed by atoms with Gasteiger partial charge in [0.15, 0.2) is 0 Å². The van der Waals surface area contributed by atoms with Crippen LogP contribution in [0, 0.1) is 3.57 Å². The number of amides is 1. The van der Waals surface area contributed by atoms with Crippen molar-refractivity contribution in [3.63, 3.8) is 0 Å². The van der Waals surface area contributed by atoms with Crippen LogP contribution in [0.15, 0.2) is 18.2 Å². The number of carbonyl (C=O) groups is 1. The molecule has 0 aliphatic rings. The van der Waals surface area contributed by atoms with Crippen LogP contribution >= 0.6 is 22.6 Å². The highest BCUT2D eigenvalue weighted by Crippen LogP contribution is 2.20. The van der Waals surface area contributed by atoms with Crippen LogP contribution in [0.5, 0.6) is 5.75 Å². The molecule has 4 heteroatoms. The smallest absolute Gasteiger partial charge is 0.251 e. The standard InChI is InChI=1S/C12H16INO2/c1-3-9(4-2)14-12(16)8-5-6-10(13)11(15)7-8/h5-7,9,15H,3-4H2,1-2H3,(H,14,16). The Bertz CT molecular complexity index is 375. The van der Waals surface area contributed by atoms with Gasteiger partial charge in [-0.1, -0.05) is 13.8 Å². The van der Waals surface area contributed by atoms with Gasteiger partial charge in [0.25, 0.3) is 5.91 Å². The number of halogens is 1. The lowest BCUT2D eigenvalue weighted by Crippen LogP contribution is -2.33. The largest absolute Gasteiger partial charge is 0.507 e. The summed E-state index contributed by atoms with van der Waals surface area (Å²) in [5.74, 6) is 0.0261. The van der Waals surface area contributed by atoms with Crippen LogP contribution in [0.1, 0.15) is 37.0 Å². The maximum Gasteiger partial charge on any atom is 0.251 e. The number of phenolic OH excluding ortho intramolecular Hbond substituents is 1. The topological polar surface area (TPSA) is 49.3 Å². The number of rotatable bonds is 4. The van der Waals surface area contributed by atoms with Crippen molar-refractivity contribution in [2.75, 3.05) is 0 Å². The minimum Gasteiger partial charge on any atom is -0.507 e. The van der Waals surface area contributed by atoms with Crippen molar-refractivity contribution in [3.8, 4) is 5.75 Å². The fourth-order valence-corrected chi connectivity index (χ4v) is 1.75. The molecular weight excluding hydrogens is 317 g/mol. The number of phenols is 1. The van der Waals surface area contributed by atoms with E-state index in [1.54, 1.807) is 12.1 Å². The maximum atomic E-state index is 11.8. The van der Waals surface area contributed by atoms with Gasteiger partial charge in [-0.3, -0.25) is 4.79 Å². The summed E-state index contributed by atoms with van der Waals surface area (Å²) in [5.41, 5.74) is 0.504. The average Bonchev–Trinajstić information content (AvgIpc) is 2.29. The molecule has 2 N–H and O–H groups in total. The number of benzene rings is 1. The molecule has 0 bridgehead atoms. The Morgan fingerprint density at radius 3 is 2.56 bits per heavy atom. The Kier molecular flexibility index (Phi) is 5.05. The van der Waals surface area contributed by atoms with Gasteiger partial charge in [0, 0.05) is 11.6 Å². The van der Waals surface area contributed by atoms with Crippen LogP contribution in [0.4, 0.5) is 0 Å². The van der Waals surface area contributed by atoms with Crippen molar-refractivity contribution >= 4 is 28.5 Å². The zero-order chi connectivity index (χ0) is 12.1. The number of hydrogen-bond donors (Lipinski definition) is 2. The summed E-state index contributed by atoms with van der Waals surface area (Å²) in [6.45, 7) is 4.08. The van der Waals surface area contributed by atoms with E-state index in [1.165, 1.54) is 6.07 Å². The van der Waals surface area contributed by atoms with Crippen molar-refractivity contribution in [1.82, 2.24) is 5.32 Å². The molecule has 3 nitrogen and oxygen atoms in total. The van der Waals surface area contributed by atoms with E-state index in [2.05, 4.69) is 5.32 Å². The van der Waals surface area contributed by atoms with E-state index in [0.29, 0.717) is 5.56 Å². The lowest BCUT2D eigenvalue weighted by atomic mass is 10.1. The van der Waals surface area contributed by atoms with Gasteiger partial charge < -0.3 is 10.4 Å². The fraction of sp³-hybridized carbons (Fsp3) is 0.417. The minimum atomic E-state index is -0.125. The zero-order valence-corrected chi connectivity index (χ0v) is 11.6. The number of nitrogens with one attached hydrogen (secondary N) is 1. The van der Waals surface area contributed by atoms with E-state index in [-0.39, 0.29) is 17.7 Å². The average molecular weight is 333 g/mol. The van der Waals surface area contributed by atoms with Gasteiger partial charge in [-0.25, -0.2) is 0 Å². The first-order valence-corrected chi connectivity index (χ1v) is 6.45. The summed E-state index contributed by atoms with van der Waals surface area (Å²) in [7, 11) is 0. The predicted octanol–water partition coefficient (Wildman–Crippen LogP) is 2.92. The first-order valence-electron chi connectivity index (χ1n) is 5.37. The highest BCUT2D eigenvalue weighted by atomic mass is 127. The maximum absolute atomic E-state index is 11.8. The number of carbonyl (C=O) groups excluding carboxylic acids is 1. The summed E-state index contributed by atoms with van der Waals surface area (Å²) < 4.78 is 0.747. The predicted molar refractivity (Wildman–Crippen MR) is 72.7 cm³/mol. The van der Waals surface area contributed by atoms with Crippen LogP contribution in [0.3, 0.4) is 0 Å². The minimum absolute atomic E-state index is 0.125. The highest BCUT2D eigenvalue weighted by molar-refractivity contribution is 14.1. The second-order valence-electron chi connectivity index (χ2n) is 3.65. The first-order chi connectivity index (χ1) is 7.58. The molecule has 16 heavy (non-hydrogen) atoms. The Morgan fingerprint density at radius 1 is 1.44 bits per heavy atom. The van der Waals surface area contributed by atoms with E-state index in [9.17, 15) is 9.90 Å². The van der Waals surface area contributed by atoms with Gasteiger partial charge in [0.1, 0.15) is 5.75 Å². The van der Waals surface area contributed by atoms with Gasteiger partial charge >= 0.3 is 0 Å². The van der Waals surface area contributed by atoms with Gasteiger partial charge in [-0.2, -0.15) is 0 Å². The van der Waals surface area contributed by atoms with Crippen LogP contribution in [-0.4, -0.2) is 17.1 Å². The molecule has 1 amide bonds. The third kappa shape index (κ3) is 3.37. The van der Waals surface area contributed by atoms with Crippen molar-refractivity contribution < 1.29 is 9.90 Å². The second-order valence-corrected chi connectivity index (χ2v) is 4.82. The fourth-order valence-electron chi connectivity index (χ4n) is 1.42. The Labute approximate surface area is 109 Å². The molecule has 1 aromatic rings. The molecule has 0 atom stereocenters. The van der Waals surface area contributed by atoms with Crippen molar-refractivity contribution in [1.29, 1.82) is 0 Å². The Morgan fingerprint density at radius 2 is 2.06 bits per heavy atom. The summed E-state index contributed by atoms with van der Waals surface area (Å²) >= 11 is 2.02. The number of aromatic hydroxyl groups is 1. The molecular formula is C12H16INO2. The summed E-state index contributed by atoms with van der Waals surface area (Å²) in [6, 6.07) is 5.16. The molecule has 0 unspecified atom stereocenters. The van der Waals surface area contributed by atoms with Crippen LogP contribution < -0.4 is 5.32 Å². The molecule has 1 rings (SSSR count). The van der Waals surface area contributed by atoms with E-state index in [0.717, 1.165) is 16.4 Å². The number of hydrogen-bond acceptors (Lipinski definition) is 2. The van der Waals surface area contributed by atoms with Crippen LogP contribution in [0.2, 0.25) is 0 Å². The molecule has 0 aromatic heterocycles. The SMILES string of the molecule is CCC(CC)NC(=O)c1ccc(I)c(O)c1. The molecule has 1 aromatic carbocycles. The van der Waals surface area contributed by atoms with E-state index < -0.39 is 0 Å². The molecule has 0 saturated heterocycles. The molecule has 0 fully saturated rings. The van der Waals surface area contributed by atoms with E-state index in [4.69, 9.17) is 0 Å². The molecule has 0 spiro atoms. The van der Waals surface area contributed by atoms with E-state index >= 15 is 0 Å². The molecule has 0 saturated carbocycles. The van der Waals surface area contributed by atoms with Gasteiger partial charge in [-0.15, -0.1) is 0 Å². The first kappa shape index (κ1) is 13.3. The normalized spacial score (nSPS) is 10.5. The lowest BCUT2D eigenvalue weighted by molar-refractivity contribution is 0.0934. The van der Waals surface area contributed by atoms with Crippen LogP contribution in [0.25, 0.3) is 0 Å². The van der Waals surface area contributed by atoms with Gasteiger partial charge in [-0.05, 0) is 53.6 Å². The van der Waals surface area contributed by atoms with Crippen molar-refractivity contribution in [2.45, 2.75) is 32.7 Å². The summed E-state index contributed by atoms with van der Waals surface area (Å²) in [5, 5.41) is 12.4. The lowest BCUT2D eigenvalue weighted by Gasteiger charge is -2.14. The van der Waals surface area contributed by atoms with Crippen molar-refractivity contribution in [3.05, 3.63) is 27.3 Å². The molecule has 0 radical (unpaired) electrons. The molecule has 0 aliphatic heterocycles. The van der Waals surface area contributed by atoms with Crippen LogP contribution in [-0.2, 0) is 0 Å².